The number of rotatable bonds is 0. The molecule has 72 valence electrons. The van der Waals surface area contributed by atoms with Crippen molar-refractivity contribution in [3.63, 3.8) is 0 Å². The van der Waals surface area contributed by atoms with Gasteiger partial charge in [0, 0.05) is 0 Å². The van der Waals surface area contributed by atoms with Gasteiger partial charge in [0.25, 0.3) is 0 Å². The van der Waals surface area contributed by atoms with Crippen molar-refractivity contribution in [2.45, 2.75) is 17.3 Å². The summed E-state index contributed by atoms with van der Waals surface area (Å²) in [6.45, 7) is 1.30. The number of hydrogen-bond donors (Lipinski definition) is 0. The highest BCUT2D eigenvalue weighted by atomic mass is 35.5. The van der Waals surface area contributed by atoms with Crippen LogP contribution in [0.3, 0.4) is 0 Å². The smallest absolute Gasteiger partial charge is 0.263 e. The molecule has 0 spiro atoms. The fourth-order valence-corrected chi connectivity index (χ4v) is 3.80. The summed E-state index contributed by atoms with van der Waals surface area (Å²) in [5, 5.41) is 0. The molecule has 0 radical (unpaired) electrons. The van der Waals surface area contributed by atoms with Crippen LogP contribution >= 0.6 is 11.6 Å². The molecule has 3 atom stereocenters. The second kappa shape index (κ2) is 2.85. The van der Waals surface area contributed by atoms with Gasteiger partial charge in [-0.3, -0.25) is 4.18 Å². The molecule has 0 bridgehead atoms. The summed E-state index contributed by atoms with van der Waals surface area (Å²) in [5.74, 6) is 3.07. The van der Waals surface area contributed by atoms with E-state index < -0.39 is 30.3 Å². The molecule has 8 heteroatoms. The van der Waals surface area contributed by atoms with Crippen LogP contribution in [0.2, 0.25) is 0 Å². The van der Waals surface area contributed by atoms with Crippen LogP contribution in [0, 0.1) is 0 Å². The van der Waals surface area contributed by atoms with E-state index in [2.05, 4.69) is 14.2 Å². The molecule has 0 N–H and O–H groups in total. The van der Waals surface area contributed by atoms with E-state index in [1.807, 2.05) is 0 Å². The van der Waals surface area contributed by atoms with Gasteiger partial charge in [0.15, 0.2) is 6.29 Å². The SMILES string of the molecule is C=S1(=O)OC(C)OS(=O)(=O)C1Cl. The first-order chi connectivity index (χ1) is 5.26. The van der Waals surface area contributed by atoms with Gasteiger partial charge in [-0.2, -0.15) is 8.42 Å². The Hall–Kier alpha value is 0.180. The third-order valence-electron chi connectivity index (χ3n) is 1.08. The van der Waals surface area contributed by atoms with E-state index in [0.717, 1.165) is 0 Å². The Kier molecular flexibility index (Phi) is 2.43. The monoisotopic (exact) mass is 234 g/mol. The normalized spacial score (nSPS) is 47.2. The highest BCUT2D eigenvalue weighted by Crippen LogP contribution is 2.26. The van der Waals surface area contributed by atoms with Crippen LogP contribution in [0.25, 0.3) is 0 Å². The Morgan fingerprint density at radius 2 is 1.83 bits per heavy atom. The molecule has 1 aliphatic heterocycles. The van der Waals surface area contributed by atoms with Crippen LogP contribution < -0.4 is 0 Å². The quantitative estimate of drug-likeness (QED) is 0.332. The molecule has 1 heterocycles. The highest BCUT2D eigenvalue weighted by Gasteiger charge is 2.41. The predicted octanol–water partition coefficient (Wildman–Crippen LogP) is -0.137. The molecule has 0 aromatic rings. The fourth-order valence-electron chi connectivity index (χ4n) is 0.701. The second-order valence-corrected chi connectivity index (χ2v) is 7.08. The third-order valence-corrected chi connectivity index (χ3v) is 6.29. The van der Waals surface area contributed by atoms with E-state index in [1.54, 1.807) is 0 Å². The average molecular weight is 235 g/mol. The second-order valence-electron chi connectivity index (χ2n) is 2.19. The zero-order valence-electron chi connectivity index (χ0n) is 6.10. The molecule has 0 aromatic heterocycles. The summed E-state index contributed by atoms with van der Waals surface area (Å²) in [4.78, 5) is 0. The zero-order chi connectivity index (χ0) is 9.57. The lowest BCUT2D eigenvalue weighted by Crippen LogP contribution is -2.39. The summed E-state index contributed by atoms with van der Waals surface area (Å²) in [7, 11) is -7.28. The minimum Gasteiger partial charge on any atom is -0.263 e. The van der Waals surface area contributed by atoms with E-state index in [-0.39, 0.29) is 0 Å². The molecular formula is C4H7ClO5S2. The highest BCUT2D eigenvalue weighted by molar-refractivity contribution is 8.11. The molecule has 5 nitrogen and oxygen atoms in total. The lowest BCUT2D eigenvalue weighted by molar-refractivity contribution is 0.0327. The zero-order valence-corrected chi connectivity index (χ0v) is 8.49. The fraction of sp³-hybridized carbons (Fsp3) is 0.750. The average Bonchev–Trinajstić information content (AvgIpc) is 1.80. The molecule has 1 rings (SSSR count). The summed E-state index contributed by atoms with van der Waals surface area (Å²) >= 11 is 5.29. The van der Waals surface area contributed by atoms with Gasteiger partial charge in [0.2, 0.25) is 4.04 Å². The van der Waals surface area contributed by atoms with Crippen molar-refractivity contribution in [2.75, 3.05) is 0 Å². The first-order valence-electron chi connectivity index (χ1n) is 2.86. The van der Waals surface area contributed by atoms with Crippen molar-refractivity contribution >= 4 is 37.4 Å². The molecular weight excluding hydrogens is 228 g/mol. The first kappa shape index (κ1) is 10.3. The molecule has 3 unspecified atom stereocenters. The summed E-state index contributed by atoms with van der Waals surface area (Å²) in [5.41, 5.74) is 0. The molecule has 1 saturated heterocycles. The van der Waals surface area contributed by atoms with Crippen molar-refractivity contribution in [3.05, 3.63) is 0 Å². The summed E-state index contributed by atoms with van der Waals surface area (Å²) < 4.78 is 40.3. The van der Waals surface area contributed by atoms with Gasteiger partial charge in [0.1, 0.15) is 9.80 Å². The van der Waals surface area contributed by atoms with E-state index in [0.29, 0.717) is 0 Å². The van der Waals surface area contributed by atoms with Crippen LogP contribution in [-0.4, -0.2) is 28.8 Å². The van der Waals surface area contributed by atoms with Crippen LogP contribution in [0.5, 0.6) is 0 Å². The minimum atomic E-state index is -4.02. The lowest BCUT2D eigenvalue weighted by atomic mass is 10.8. The van der Waals surface area contributed by atoms with Crippen LogP contribution in [0.15, 0.2) is 0 Å². The number of halogens is 1. The predicted molar refractivity (Wildman–Crippen MR) is 45.5 cm³/mol. The maximum absolute atomic E-state index is 11.2. The summed E-state index contributed by atoms with van der Waals surface area (Å²) in [6, 6.07) is 0. The number of alkyl halides is 1. The van der Waals surface area contributed by atoms with Gasteiger partial charge in [-0.1, -0.05) is 11.6 Å². The maximum atomic E-state index is 11.2. The van der Waals surface area contributed by atoms with Gasteiger partial charge < -0.3 is 0 Å². The Morgan fingerprint density at radius 1 is 1.33 bits per heavy atom. The Bertz CT molecular complexity index is 332. The van der Waals surface area contributed by atoms with Crippen molar-refractivity contribution in [1.82, 2.24) is 0 Å². The van der Waals surface area contributed by atoms with Crippen molar-refractivity contribution in [3.8, 4) is 0 Å². The molecule has 1 aliphatic rings. The molecule has 0 saturated carbocycles. The third kappa shape index (κ3) is 1.74. The van der Waals surface area contributed by atoms with E-state index in [1.165, 1.54) is 6.92 Å². The lowest BCUT2D eigenvalue weighted by Gasteiger charge is -2.25. The van der Waals surface area contributed by atoms with E-state index in [9.17, 15) is 12.6 Å². The minimum absolute atomic E-state index is 1.10. The molecule has 0 aromatic carbocycles. The topological polar surface area (TPSA) is 69.7 Å². The van der Waals surface area contributed by atoms with Crippen molar-refractivity contribution in [2.24, 2.45) is 0 Å². The first-order valence-corrected chi connectivity index (χ1v) is 6.48. The van der Waals surface area contributed by atoms with Crippen molar-refractivity contribution < 1.29 is 21.0 Å². The molecule has 0 amide bonds. The van der Waals surface area contributed by atoms with Gasteiger partial charge in [0.05, 0.1) is 0 Å². The molecule has 12 heavy (non-hydrogen) atoms. The number of hydrogen-bond acceptors (Lipinski definition) is 5. The van der Waals surface area contributed by atoms with E-state index in [4.69, 9.17) is 11.6 Å². The Labute approximate surface area is 75.9 Å². The Morgan fingerprint density at radius 3 is 2.25 bits per heavy atom. The van der Waals surface area contributed by atoms with Gasteiger partial charge in [-0.25, -0.2) is 8.39 Å². The van der Waals surface area contributed by atoms with Gasteiger partial charge >= 0.3 is 10.1 Å². The largest absolute Gasteiger partial charge is 0.300 e. The summed E-state index contributed by atoms with van der Waals surface area (Å²) in [6.07, 6.45) is -1.10. The maximum Gasteiger partial charge on any atom is 0.300 e. The van der Waals surface area contributed by atoms with Crippen molar-refractivity contribution in [1.29, 1.82) is 0 Å². The molecule has 0 aliphatic carbocycles. The Balaban J connectivity index is 3.18. The van der Waals surface area contributed by atoms with Gasteiger partial charge in [-0.15, -0.1) is 0 Å². The van der Waals surface area contributed by atoms with E-state index >= 15 is 0 Å². The van der Waals surface area contributed by atoms with Crippen LogP contribution in [-0.2, 0) is 28.3 Å². The van der Waals surface area contributed by atoms with Gasteiger partial charge in [-0.05, 0) is 12.8 Å². The van der Waals surface area contributed by atoms with Crippen LogP contribution in [0.4, 0.5) is 0 Å². The van der Waals surface area contributed by atoms with Crippen LogP contribution in [0.1, 0.15) is 6.92 Å². The standard InChI is InChI=1S/C4H7ClO5S2/c1-3-9-11(2,6)4(5)12(7,8)10-3/h3-4H,2H2,1H3. The molecule has 1 fully saturated rings.